The highest BCUT2D eigenvalue weighted by molar-refractivity contribution is 5.95. The number of allylic oxidation sites excluding steroid dienone is 4. The summed E-state index contributed by atoms with van der Waals surface area (Å²) in [5.41, 5.74) is 0.497. The first kappa shape index (κ1) is 17.4. The van der Waals surface area contributed by atoms with Crippen LogP contribution in [-0.4, -0.2) is 10.8 Å². The number of nitrogens with one attached hydrogen (secondary N) is 1. The molecule has 3 rings (SSSR count). The van der Waals surface area contributed by atoms with Crippen LogP contribution in [0.2, 0.25) is 0 Å². The molecular weight excluding hydrogens is 316 g/mol. The number of non-ortho nitro benzene ring substituents is 1. The van der Waals surface area contributed by atoms with Crippen LogP contribution < -0.4 is 5.32 Å². The summed E-state index contributed by atoms with van der Waals surface area (Å²) < 4.78 is 0. The van der Waals surface area contributed by atoms with Gasteiger partial charge in [0.1, 0.15) is 0 Å². The summed E-state index contributed by atoms with van der Waals surface area (Å²) >= 11 is 0. The lowest BCUT2D eigenvalue weighted by Gasteiger charge is -2.05. The highest BCUT2D eigenvalue weighted by Gasteiger charge is 2.52. The predicted molar refractivity (Wildman–Crippen MR) is 98.2 cm³/mol. The molecule has 1 fully saturated rings. The van der Waals surface area contributed by atoms with Crippen molar-refractivity contribution in [2.75, 3.05) is 5.32 Å². The lowest BCUT2D eigenvalue weighted by Crippen LogP contribution is -2.15. The molecule has 0 spiro atoms. The highest BCUT2D eigenvalue weighted by Crippen LogP contribution is 2.52. The van der Waals surface area contributed by atoms with Crippen molar-refractivity contribution < 1.29 is 9.72 Å². The quantitative estimate of drug-likeness (QED) is 0.485. The van der Waals surface area contributed by atoms with Crippen LogP contribution >= 0.6 is 0 Å². The van der Waals surface area contributed by atoms with Gasteiger partial charge < -0.3 is 5.32 Å². The molecule has 0 aromatic heterocycles. The molecule has 1 saturated carbocycles. The van der Waals surface area contributed by atoms with Gasteiger partial charge in [0.05, 0.1) is 4.92 Å². The van der Waals surface area contributed by atoms with Crippen molar-refractivity contribution in [3.05, 3.63) is 58.7 Å². The lowest BCUT2D eigenvalue weighted by atomic mass is 10.1. The molecule has 2 aliphatic carbocycles. The Morgan fingerprint density at radius 1 is 1.00 bits per heavy atom. The van der Waals surface area contributed by atoms with Crippen LogP contribution in [-0.2, 0) is 4.79 Å². The number of carbonyl (C=O) groups is 1. The minimum absolute atomic E-state index is 0.00155. The van der Waals surface area contributed by atoms with Gasteiger partial charge >= 0.3 is 0 Å². The van der Waals surface area contributed by atoms with E-state index >= 15 is 0 Å². The Hall–Kier alpha value is -2.43. The Morgan fingerprint density at radius 2 is 1.60 bits per heavy atom. The molecule has 0 bridgehead atoms. The average Bonchev–Trinajstić information content (AvgIpc) is 3.27. The van der Waals surface area contributed by atoms with Crippen molar-refractivity contribution in [3.63, 3.8) is 0 Å². The molecular formula is C20H24N2O3. The molecule has 132 valence electrons. The van der Waals surface area contributed by atoms with Crippen LogP contribution in [0.4, 0.5) is 11.4 Å². The molecule has 0 aliphatic heterocycles. The number of rotatable bonds is 3. The van der Waals surface area contributed by atoms with Crippen LogP contribution in [0.3, 0.4) is 0 Å². The standard InChI is InChI=1S/C20H24N2O3/c23-20(21-15-10-9-11-16(14-15)22(24)25)19-17-12-7-5-3-1-2-4-6-8-13-18(17)19/h3-6,9-11,14,17-19H,1-2,7-8,12-13H2,(H,21,23). The molecule has 0 radical (unpaired) electrons. The normalized spacial score (nSPS) is 26.0. The molecule has 2 atom stereocenters. The number of amides is 1. The predicted octanol–water partition coefficient (Wildman–Crippen LogP) is 4.86. The van der Waals surface area contributed by atoms with Gasteiger partial charge in [-0.25, -0.2) is 0 Å². The van der Waals surface area contributed by atoms with Gasteiger partial charge in [-0.15, -0.1) is 0 Å². The van der Waals surface area contributed by atoms with E-state index in [1.807, 2.05) is 0 Å². The van der Waals surface area contributed by atoms with E-state index in [4.69, 9.17) is 0 Å². The average molecular weight is 340 g/mol. The van der Waals surface area contributed by atoms with E-state index in [1.54, 1.807) is 12.1 Å². The van der Waals surface area contributed by atoms with Crippen LogP contribution in [0.1, 0.15) is 38.5 Å². The maximum absolute atomic E-state index is 12.6. The molecule has 1 N–H and O–H groups in total. The number of nitro benzene ring substituents is 1. The third-order valence-corrected chi connectivity index (χ3v) is 5.13. The first-order chi connectivity index (χ1) is 12.2. The smallest absolute Gasteiger partial charge is 0.271 e. The Balaban J connectivity index is 1.63. The number of nitrogens with zero attached hydrogens (tertiary/aromatic N) is 1. The summed E-state index contributed by atoms with van der Waals surface area (Å²) in [7, 11) is 0. The fourth-order valence-electron chi connectivity index (χ4n) is 3.79. The SMILES string of the molecule is O=C(Nc1cccc([N+](=O)[O-])c1)C1C2CCC=CCCC=CCCC21. The number of benzene rings is 1. The van der Waals surface area contributed by atoms with Gasteiger partial charge in [-0.1, -0.05) is 30.4 Å². The van der Waals surface area contributed by atoms with Gasteiger partial charge in [-0.2, -0.15) is 0 Å². The van der Waals surface area contributed by atoms with Crippen molar-refractivity contribution in [2.45, 2.75) is 38.5 Å². The Bertz CT molecular complexity index is 672. The van der Waals surface area contributed by atoms with Crippen LogP contribution in [0, 0.1) is 27.9 Å². The van der Waals surface area contributed by atoms with Crippen LogP contribution in [0.15, 0.2) is 48.6 Å². The third kappa shape index (κ3) is 4.56. The topological polar surface area (TPSA) is 72.2 Å². The molecule has 1 amide bonds. The molecule has 1 aromatic rings. The zero-order chi connectivity index (χ0) is 17.6. The summed E-state index contributed by atoms with van der Waals surface area (Å²) in [5, 5.41) is 13.7. The fourth-order valence-corrected chi connectivity index (χ4v) is 3.79. The molecule has 2 unspecified atom stereocenters. The molecule has 2 aliphatic rings. The summed E-state index contributed by atoms with van der Waals surface area (Å²) in [6.45, 7) is 0. The van der Waals surface area contributed by atoms with E-state index in [1.165, 1.54) is 12.1 Å². The first-order valence-corrected chi connectivity index (χ1v) is 9.02. The molecule has 25 heavy (non-hydrogen) atoms. The van der Waals surface area contributed by atoms with E-state index in [0.29, 0.717) is 17.5 Å². The zero-order valence-corrected chi connectivity index (χ0v) is 14.3. The number of carbonyl (C=O) groups excluding carboxylic acids is 1. The minimum Gasteiger partial charge on any atom is -0.326 e. The largest absolute Gasteiger partial charge is 0.326 e. The van der Waals surface area contributed by atoms with Gasteiger partial charge in [0.15, 0.2) is 0 Å². The second-order valence-corrected chi connectivity index (χ2v) is 6.83. The van der Waals surface area contributed by atoms with E-state index in [2.05, 4.69) is 29.6 Å². The number of hydrogen-bond donors (Lipinski definition) is 1. The number of anilines is 1. The van der Waals surface area contributed by atoms with Crippen molar-refractivity contribution in [1.29, 1.82) is 0 Å². The van der Waals surface area contributed by atoms with E-state index in [-0.39, 0.29) is 17.5 Å². The van der Waals surface area contributed by atoms with Crippen molar-refractivity contribution in [3.8, 4) is 0 Å². The minimum atomic E-state index is -0.446. The summed E-state index contributed by atoms with van der Waals surface area (Å²) in [6.07, 6.45) is 15.2. The number of fused-ring (bicyclic) bond motifs is 1. The molecule has 5 heteroatoms. The Kier molecular flexibility index (Phi) is 5.64. The number of nitro groups is 1. The molecule has 1 aromatic carbocycles. The maximum Gasteiger partial charge on any atom is 0.271 e. The maximum atomic E-state index is 12.6. The fraction of sp³-hybridized carbons (Fsp3) is 0.450. The number of hydrogen-bond acceptors (Lipinski definition) is 3. The summed E-state index contributed by atoms with van der Waals surface area (Å²) in [5.74, 6) is 0.882. The Labute approximate surface area is 148 Å². The molecule has 0 saturated heterocycles. The zero-order valence-electron chi connectivity index (χ0n) is 14.3. The molecule has 0 heterocycles. The van der Waals surface area contributed by atoms with Crippen molar-refractivity contribution >= 4 is 17.3 Å². The monoisotopic (exact) mass is 340 g/mol. The highest BCUT2D eigenvalue weighted by atomic mass is 16.6. The van der Waals surface area contributed by atoms with E-state index < -0.39 is 4.92 Å². The van der Waals surface area contributed by atoms with Gasteiger partial charge in [0.2, 0.25) is 5.91 Å². The van der Waals surface area contributed by atoms with Gasteiger partial charge in [-0.05, 0) is 56.4 Å². The molecule has 5 nitrogen and oxygen atoms in total. The Morgan fingerprint density at radius 3 is 2.20 bits per heavy atom. The van der Waals surface area contributed by atoms with Crippen LogP contribution in [0.5, 0.6) is 0 Å². The summed E-state index contributed by atoms with van der Waals surface area (Å²) in [4.78, 5) is 23.1. The lowest BCUT2D eigenvalue weighted by molar-refractivity contribution is -0.384. The van der Waals surface area contributed by atoms with Gasteiger partial charge in [0, 0.05) is 23.7 Å². The third-order valence-electron chi connectivity index (χ3n) is 5.13. The second kappa shape index (κ2) is 8.10. The van der Waals surface area contributed by atoms with Crippen LogP contribution in [0.25, 0.3) is 0 Å². The first-order valence-electron chi connectivity index (χ1n) is 9.02. The van der Waals surface area contributed by atoms with E-state index in [0.717, 1.165) is 38.5 Å². The van der Waals surface area contributed by atoms with E-state index in [9.17, 15) is 14.9 Å². The van der Waals surface area contributed by atoms with Crippen molar-refractivity contribution in [2.24, 2.45) is 17.8 Å². The van der Waals surface area contributed by atoms with Gasteiger partial charge in [0.25, 0.3) is 5.69 Å². The second-order valence-electron chi connectivity index (χ2n) is 6.83. The summed E-state index contributed by atoms with van der Waals surface area (Å²) in [6, 6.07) is 6.14. The van der Waals surface area contributed by atoms with Crippen molar-refractivity contribution in [1.82, 2.24) is 0 Å². The van der Waals surface area contributed by atoms with Gasteiger partial charge in [-0.3, -0.25) is 14.9 Å².